The van der Waals surface area contributed by atoms with E-state index >= 15 is 0 Å². The molecule has 18 rings (SSSR count). The third-order valence-corrected chi connectivity index (χ3v) is 21.9. The summed E-state index contributed by atoms with van der Waals surface area (Å²) in [5.41, 5.74) is 31.8. The van der Waals surface area contributed by atoms with E-state index in [0.29, 0.717) is 0 Å². The molecular formula is C92H73B2N5S. The molecular weight excluding hydrogens is 1230 g/mol. The molecule has 0 radical (unpaired) electrons. The van der Waals surface area contributed by atoms with Crippen LogP contribution in [0.3, 0.4) is 0 Å². The van der Waals surface area contributed by atoms with Crippen LogP contribution in [0.15, 0.2) is 343 Å². The second kappa shape index (κ2) is 24.2. The molecule has 0 fully saturated rings. The van der Waals surface area contributed by atoms with Crippen LogP contribution in [-0.2, 0) is 10.8 Å². The number of rotatable bonds is 11. The highest BCUT2D eigenvalue weighted by Crippen LogP contribution is 2.53. The van der Waals surface area contributed by atoms with Crippen LogP contribution in [0.25, 0.3) is 22.3 Å². The van der Waals surface area contributed by atoms with Gasteiger partial charge in [0.2, 0.25) is 6.71 Å². The van der Waals surface area contributed by atoms with E-state index in [0.717, 1.165) is 79.5 Å². The molecule has 0 N–H and O–H groups in total. The summed E-state index contributed by atoms with van der Waals surface area (Å²) >= 11 is 1.92. The Hall–Kier alpha value is -11.4. The van der Waals surface area contributed by atoms with E-state index in [1.54, 1.807) is 0 Å². The van der Waals surface area contributed by atoms with Gasteiger partial charge in [-0.3, -0.25) is 0 Å². The largest absolute Gasteiger partial charge is 0.311 e. The fourth-order valence-corrected chi connectivity index (χ4v) is 17.3. The second-order valence-electron chi connectivity index (χ2n) is 28.9. The maximum atomic E-state index is 2.65. The summed E-state index contributed by atoms with van der Waals surface area (Å²) in [4.78, 5) is 15.1. The van der Waals surface area contributed by atoms with Gasteiger partial charge in [0.1, 0.15) is 0 Å². The SMILES string of the molecule is CC(C)(C)c1ccc(-c2ccccc2N(c2ccccc2)c2cc3c4c(c2)N(c2ccccc2-c2ccc(C(C)(C)C)cc2)c2ccccc2B4c2cc4c(cc2S3)N(c2ccccc2)c2cc(N(c3ccccc3)c3ccccc3)cc3c2B4c2ccccc2N3c2ccccc2)cc1. The predicted molar refractivity (Wildman–Crippen MR) is 428 cm³/mol. The fourth-order valence-electron chi connectivity index (χ4n) is 16.1. The van der Waals surface area contributed by atoms with Gasteiger partial charge < -0.3 is 24.5 Å². The zero-order valence-electron chi connectivity index (χ0n) is 57.1. The van der Waals surface area contributed by atoms with Crippen molar-refractivity contribution in [2.75, 3.05) is 24.5 Å². The minimum absolute atomic E-state index is 0.00956. The Morgan fingerprint density at radius 3 is 1.20 bits per heavy atom. The molecule has 0 saturated carbocycles. The van der Waals surface area contributed by atoms with E-state index in [1.807, 2.05) is 11.8 Å². The van der Waals surface area contributed by atoms with Gasteiger partial charge in [-0.1, -0.05) is 277 Å². The summed E-state index contributed by atoms with van der Waals surface area (Å²) in [5.74, 6) is 0. The van der Waals surface area contributed by atoms with Crippen LogP contribution in [0.2, 0.25) is 0 Å². The van der Waals surface area contributed by atoms with E-state index in [4.69, 9.17) is 0 Å². The lowest BCUT2D eigenvalue weighted by molar-refractivity contribution is 0.590. The number of benzene rings is 14. The molecule has 478 valence electrons. The van der Waals surface area contributed by atoms with Gasteiger partial charge in [-0.2, -0.15) is 0 Å². The van der Waals surface area contributed by atoms with E-state index in [1.165, 1.54) is 81.8 Å². The van der Waals surface area contributed by atoms with Gasteiger partial charge in [-0.15, -0.1) is 0 Å². The maximum Gasteiger partial charge on any atom is 0.252 e. The number of hydrogen-bond acceptors (Lipinski definition) is 6. The molecule has 0 unspecified atom stereocenters. The quantitative estimate of drug-likeness (QED) is 0.119. The molecule has 0 spiro atoms. The normalized spacial score (nSPS) is 13.2. The van der Waals surface area contributed by atoms with Gasteiger partial charge in [0.25, 0.3) is 6.71 Å². The summed E-state index contributed by atoms with van der Waals surface area (Å²) in [6.07, 6.45) is 0. The Bertz CT molecular complexity index is 5410. The fraction of sp³-hybridized carbons (Fsp3) is 0.0870. The average Bonchev–Trinajstić information content (AvgIpc) is 0.698. The molecule has 4 heterocycles. The zero-order chi connectivity index (χ0) is 67.4. The molecule has 100 heavy (non-hydrogen) atoms. The summed E-state index contributed by atoms with van der Waals surface area (Å²) < 4.78 is 0. The van der Waals surface area contributed by atoms with Crippen molar-refractivity contribution >= 4 is 143 Å². The first-order valence-electron chi connectivity index (χ1n) is 35.0. The first kappa shape index (κ1) is 60.9. The molecule has 8 heteroatoms. The molecule has 4 aliphatic heterocycles. The van der Waals surface area contributed by atoms with Crippen molar-refractivity contribution in [3.8, 4) is 22.3 Å². The van der Waals surface area contributed by atoms with E-state index < -0.39 is 0 Å². The van der Waals surface area contributed by atoms with Crippen molar-refractivity contribution in [2.24, 2.45) is 0 Å². The number of para-hydroxylation sites is 9. The molecule has 0 amide bonds. The van der Waals surface area contributed by atoms with Crippen molar-refractivity contribution in [3.05, 3.63) is 345 Å². The molecule has 14 aromatic rings. The Balaban J connectivity index is 0.906. The van der Waals surface area contributed by atoms with Crippen molar-refractivity contribution in [1.82, 2.24) is 0 Å². The van der Waals surface area contributed by atoms with Crippen molar-refractivity contribution < 1.29 is 0 Å². The smallest absolute Gasteiger partial charge is 0.252 e. The number of fused-ring (bicyclic) bond motifs is 8. The van der Waals surface area contributed by atoms with Gasteiger partial charge in [-0.05, 0) is 176 Å². The highest BCUT2D eigenvalue weighted by Gasteiger charge is 2.48. The predicted octanol–water partition coefficient (Wildman–Crippen LogP) is 21.4. The van der Waals surface area contributed by atoms with Crippen LogP contribution in [0.5, 0.6) is 0 Å². The van der Waals surface area contributed by atoms with Crippen molar-refractivity contribution in [3.63, 3.8) is 0 Å². The van der Waals surface area contributed by atoms with Gasteiger partial charge in [0.15, 0.2) is 0 Å². The third kappa shape index (κ3) is 10.3. The summed E-state index contributed by atoms with van der Waals surface area (Å²) in [6, 6.07) is 125. The number of anilines is 15. The van der Waals surface area contributed by atoms with Crippen LogP contribution < -0.4 is 57.3 Å². The van der Waals surface area contributed by atoms with Crippen LogP contribution in [-0.4, -0.2) is 13.4 Å². The van der Waals surface area contributed by atoms with Crippen molar-refractivity contribution in [2.45, 2.75) is 62.2 Å². The molecule has 5 nitrogen and oxygen atoms in total. The van der Waals surface area contributed by atoms with Crippen LogP contribution in [0.1, 0.15) is 52.7 Å². The van der Waals surface area contributed by atoms with Gasteiger partial charge >= 0.3 is 0 Å². The summed E-state index contributed by atoms with van der Waals surface area (Å²) in [7, 11) is 0. The molecule has 4 aliphatic rings. The topological polar surface area (TPSA) is 16.2 Å². The monoisotopic (exact) mass is 1300 g/mol. The lowest BCUT2D eigenvalue weighted by Crippen LogP contribution is -2.64. The van der Waals surface area contributed by atoms with Crippen LogP contribution in [0, 0.1) is 0 Å². The molecule has 0 saturated heterocycles. The second-order valence-corrected chi connectivity index (χ2v) is 29.9. The Kier molecular flexibility index (Phi) is 14.8. The molecule has 14 aromatic carbocycles. The standard InChI is InChI=1S/C92H73B2N5S/c1-91(2,3)64-52-48-62(49-53-64)73-40-22-26-44-79(73)96(68-34-16-9-17-35-68)72-58-86-90-88(59-72)100-87-61-83-77(60-78(87)94(90)76-43-25-29-47-82(76)99(86)80-45-27-23-41-74(80)63-50-54-65(55-51-63)92(4,5)6)93-75-42-24-28-46-81(75)97(69-36-18-10-19-37-69)84-56-71(57-85(89(84)93)98(83)70-38-20-11-21-39-70)95(66-30-12-7-13-31-66)67-32-14-8-15-33-67/h7-61H,1-6H3. The Morgan fingerprint density at radius 1 is 0.270 bits per heavy atom. The number of nitrogens with zero attached hydrogens (tertiary/aromatic N) is 5. The van der Waals surface area contributed by atoms with Crippen LogP contribution in [0.4, 0.5) is 85.3 Å². The highest BCUT2D eigenvalue weighted by molar-refractivity contribution is 8.00. The zero-order valence-corrected chi connectivity index (χ0v) is 57.9. The van der Waals surface area contributed by atoms with Gasteiger partial charge in [0, 0.05) is 89.2 Å². The Labute approximate surface area is 593 Å². The summed E-state index contributed by atoms with van der Waals surface area (Å²) in [6.45, 7) is 13.5. The lowest BCUT2D eigenvalue weighted by Gasteiger charge is -2.46. The average molecular weight is 1300 g/mol. The maximum absolute atomic E-state index is 2.65. The van der Waals surface area contributed by atoms with Gasteiger partial charge in [0.05, 0.1) is 17.1 Å². The third-order valence-electron chi connectivity index (χ3n) is 20.7. The van der Waals surface area contributed by atoms with E-state index in [-0.39, 0.29) is 24.3 Å². The molecule has 0 aliphatic carbocycles. The summed E-state index contributed by atoms with van der Waals surface area (Å²) in [5, 5.41) is 0. The van der Waals surface area contributed by atoms with E-state index in [9.17, 15) is 0 Å². The van der Waals surface area contributed by atoms with Crippen molar-refractivity contribution in [1.29, 1.82) is 0 Å². The highest BCUT2D eigenvalue weighted by atomic mass is 32.2. The number of hydrogen-bond donors (Lipinski definition) is 0. The first-order chi connectivity index (χ1) is 48.9. The van der Waals surface area contributed by atoms with Gasteiger partial charge in [-0.25, -0.2) is 0 Å². The Morgan fingerprint density at radius 2 is 0.670 bits per heavy atom. The lowest BCUT2D eigenvalue weighted by atomic mass is 9.31. The molecule has 0 aromatic heterocycles. The molecule has 0 atom stereocenters. The minimum atomic E-state index is -0.137. The molecule has 0 bridgehead atoms. The first-order valence-corrected chi connectivity index (χ1v) is 35.8. The van der Waals surface area contributed by atoms with Crippen LogP contribution >= 0.6 is 11.8 Å². The minimum Gasteiger partial charge on any atom is -0.311 e. The van der Waals surface area contributed by atoms with E-state index in [2.05, 4.69) is 400 Å².